The smallest absolute Gasteiger partial charge is 0.287 e. The number of H-pyrrole nitrogens is 1. The first-order valence-electron chi connectivity index (χ1n) is 8.98. The molecule has 1 heterocycles. The van der Waals surface area contributed by atoms with Gasteiger partial charge in [0.25, 0.3) is 5.91 Å². The second kappa shape index (κ2) is 8.28. The molecule has 1 atom stereocenters. The lowest BCUT2D eigenvalue weighted by molar-refractivity contribution is 0.0941. The number of aromatic amines is 1. The van der Waals surface area contributed by atoms with Crippen molar-refractivity contribution in [2.75, 3.05) is 13.1 Å². The maximum Gasteiger partial charge on any atom is 0.287 e. The first-order valence-corrected chi connectivity index (χ1v) is 8.98. The molecule has 1 amide bonds. The Kier molecular flexibility index (Phi) is 5.83. The van der Waals surface area contributed by atoms with Crippen LogP contribution in [0.5, 0.6) is 0 Å². The summed E-state index contributed by atoms with van der Waals surface area (Å²) < 4.78 is 13.1. The molecule has 0 spiro atoms. The SMILES string of the molecule is Cc1cc(-c2ccc(F)cc2)cc2[nH]c(C(=O)NC[C@@H](N)CCCN)nc12. The number of nitrogens with zero attached hydrogens (tertiary/aromatic N) is 1. The molecule has 0 saturated carbocycles. The van der Waals surface area contributed by atoms with Crippen LogP contribution in [0.3, 0.4) is 0 Å². The van der Waals surface area contributed by atoms with Gasteiger partial charge in [-0.1, -0.05) is 12.1 Å². The highest BCUT2D eigenvalue weighted by Crippen LogP contribution is 2.26. The number of benzene rings is 2. The van der Waals surface area contributed by atoms with Crippen molar-refractivity contribution in [3.8, 4) is 11.1 Å². The van der Waals surface area contributed by atoms with Crippen molar-refractivity contribution in [3.05, 3.63) is 53.6 Å². The van der Waals surface area contributed by atoms with E-state index in [1.165, 1.54) is 12.1 Å². The van der Waals surface area contributed by atoms with Crippen molar-refractivity contribution in [3.63, 3.8) is 0 Å². The zero-order valence-corrected chi connectivity index (χ0v) is 15.3. The molecule has 6 nitrogen and oxygen atoms in total. The fourth-order valence-electron chi connectivity index (χ4n) is 3.00. The first kappa shape index (κ1) is 19.0. The van der Waals surface area contributed by atoms with E-state index in [0.29, 0.717) is 13.1 Å². The van der Waals surface area contributed by atoms with Crippen molar-refractivity contribution < 1.29 is 9.18 Å². The van der Waals surface area contributed by atoms with Gasteiger partial charge < -0.3 is 21.8 Å². The summed E-state index contributed by atoms with van der Waals surface area (Å²) in [6.07, 6.45) is 1.59. The Hall–Kier alpha value is -2.77. The van der Waals surface area contributed by atoms with Gasteiger partial charge in [0.15, 0.2) is 5.82 Å². The van der Waals surface area contributed by atoms with E-state index in [9.17, 15) is 9.18 Å². The molecule has 0 fully saturated rings. The molecule has 0 aliphatic carbocycles. The summed E-state index contributed by atoms with van der Waals surface area (Å²) in [5, 5.41) is 2.80. The third-order valence-corrected chi connectivity index (χ3v) is 4.47. The summed E-state index contributed by atoms with van der Waals surface area (Å²) in [5.74, 6) is -0.325. The lowest BCUT2D eigenvalue weighted by Gasteiger charge is -2.11. The third kappa shape index (κ3) is 4.50. The summed E-state index contributed by atoms with van der Waals surface area (Å²) in [6, 6.07) is 10.1. The van der Waals surface area contributed by atoms with Gasteiger partial charge in [-0.3, -0.25) is 4.79 Å². The highest BCUT2D eigenvalue weighted by Gasteiger charge is 2.15. The summed E-state index contributed by atoms with van der Waals surface area (Å²) in [6.45, 7) is 2.89. The molecule has 2 aromatic carbocycles. The van der Waals surface area contributed by atoms with Crippen LogP contribution in [0.1, 0.15) is 29.0 Å². The number of nitrogens with two attached hydrogens (primary N) is 2. The van der Waals surface area contributed by atoms with Crippen LogP contribution in [0.15, 0.2) is 36.4 Å². The number of aryl methyl sites for hydroxylation is 1. The van der Waals surface area contributed by atoms with Crippen molar-refractivity contribution in [2.45, 2.75) is 25.8 Å². The normalized spacial score (nSPS) is 12.3. The Morgan fingerprint density at radius 2 is 2.00 bits per heavy atom. The first-order chi connectivity index (χ1) is 13.0. The van der Waals surface area contributed by atoms with E-state index < -0.39 is 0 Å². The van der Waals surface area contributed by atoms with Crippen molar-refractivity contribution >= 4 is 16.9 Å². The lowest BCUT2D eigenvalue weighted by atomic mass is 10.0. The number of hydrogen-bond donors (Lipinski definition) is 4. The number of fused-ring (bicyclic) bond motifs is 1. The summed E-state index contributed by atoms with van der Waals surface area (Å²) in [7, 11) is 0. The number of amides is 1. The molecule has 3 rings (SSSR count). The number of carbonyl (C=O) groups excluding carboxylic acids is 1. The Balaban J connectivity index is 1.79. The van der Waals surface area contributed by atoms with E-state index in [4.69, 9.17) is 11.5 Å². The van der Waals surface area contributed by atoms with Gasteiger partial charge in [0.05, 0.1) is 11.0 Å². The Morgan fingerprint density at radius 3 is 2.70 bits per heavy atom. The Morgan fingerprint density at radius 1 is 1.26 bits per heavy atom. The van der Waals surface area contributed by atoms with Gasteiger partial charge in [0.1, 0.15) is 5.82 Å². The highest BCUT2D eigenvalue weighted by atomic mass is 19.1. The molecule has 1 aromatic heterocycles. The van der Waals surface area contributed by atoms with Crippen molar-refractivity contribution in [1.82, 2.24) is 15.3 Å². The van der Waals surface area contributed by atoms with Gasteiger partial charge in [-0.15, -0.1) is 0 Å². The predicted molar refractivity (Wildman–Crippen MR) is 105 cm³/mol. The molecule has 3 aromatic rings. The number of imidazole rings is 1. The zero-order chi connectivity index (χ0) is 19.4. The highest BCUT2D eigenvalue weighted by molar-refractivity contribution is 5.95. The Labute approximate surface area is 157 Å². The van der Waals surface area contributed by atoms with Crippen LogP contribution in [0.4, 0.5) is 4.39 Å². The van der Waals surface area contributed by atoms with Crippen LogP contribution in [0.2, 0.25) is 0 Å². The summed E-state index contributed by atoms with van der Waals surface area (Å²) in [5.41, 5.74) is 15.7. The number of halogens is 1. The van der Waals surface area contributed by atoms with Gasteiger partial charge in [-0.2, -0.15) is 0 Å². The number of carbonyl (C=O) groups is 1. The number of hydrogen-bond acceptors (Lipinski definition) is 4. The summed E-state index contributed by atoms with van der Waals surface area (Å²) >= 11 is 0. The fraction of sp³-hybridized carbons (Fsp3) is 0.300. The minimum Gasteiger partial charge on any atom is -0.348 e. The number of nitrogens with one attached hydrogen (secondary N) is 2. The molecule has 0 bridgehead atoms. The van der Waals surface area contributed by atoms with Crippen LogP contribution >= 0.6 is 0 Å². The Bertz CT molecular complexity index is 935. The van der Waals surface area contributed by atoms with E-state index in [0.717, 1.165) is 40.6 Å². The van der Waals surface area contributed by atoms with Crippen molar-refractivity contribution in [1.29, 1.82) is 0 Å². The average molecular weight is 369 g/mol. The van der Waals surface area contributed by atoms with Gasteiger partial charge in [0, 0.05) is 12.6 Å². The van der Waals surface area contributed by atoms with Crippen LogP contribution in [0, 0.1) is 12.7 Å². The molecule has 27 heavy (non-hydrogen) atoms. The molecule has 0 saturated heterocycles. The molecule has 6 N–H and O–H groups in total. The molecule has 0 unspecified atom stereocenters. The van der Waals surface area contributed by atoms with Gasteiger partial charge in [0.2, 0.25) is 0 Å². The second-order valence-corrected chi connectivity index (χ2v) is 6.68. The van der Waals surface area contributed by atoms with E-state index in [1.807, 2.05) is 19.1 Å². The fourth-order valence-corrected chi connectivity index (χ4v) is 3.00. The quantitative estimate of drug-likeness (QED) is 0.513. The molecular formula is C20H24FN5O. The van der Waals surface area contributed by atoms with E-state index in [-0.39, 0.29) is 23.6 Å². The third-order valence-electron chi connectivity index (χ3n) is 4.47. The maximum absolute atomic E-state index is 13.1. The molecule has 0 aliphatic rings. The van der Waals surface area contributed by atoms with Gasteiger partial charge >= 0.3 is 0 Å². The summed E-state index contributed by atoms with van der Waals surface area (Å²) in [4.78, 5) is 19.8. The van der Waals surface area contributed by atoms with Crippen LogP contribution < -0.4 is 16.8 Å². The predicted octanol–water partition coefficient (Wildman–Crippen LogP) is 2.47. The molecular weight excluding hydrogens is 345 g/mol. The second-order valence-electron chi connectivity index (χ2n) is 6.68. The number of aromatic nitrogens is 2. The van der Waals surface area contributed by atoms with E-state index >= 15 is 0 Å². The monoisotopic (exact) mass is 369 g/mol. The van der Waals surface area contributed by atoms with Crippen LogP contribution in [-0.2, 0) is 0 Å². The molecule has 7 heteroatoms. The average Bonchev–Trinajstić information content (AvgIpc) is 3.10. The van der Waals surface area contributed by atoms with E-state index in [1.54, 1.807) is 12.1 Å². The van der Waals surface area contributed by atoms with Crippen molar-refractivity contribution in [2.24, 2.45) is 11.5 Å². The van der Waals surface area contributed by atoms with E-state index in [2.05, 4.69) is 15.3 Å². The van der Waals surface area contributed by atoms with Gasteiger partial charge in [-0.25, -0.2) is 9.37 Å². The van der Waals surface area contributed by atoms with Crippen LogP contribution in [-0.4, -0.2) is 35.0 Å². The maximum atomic E-state index is 13.1. The topological polar surface area (TPSA) is 110 Å². The minimum absolute atomic E-state index is 0.131. The van der Waals surface area contributed by atoms with Crippen LogP contribution in [0.25, 0.3) is 22.2 Å². The standard InChI is InChI=1S/C20H24FN5O/c1-12-9-14(13-4-6-15(21)7-5-13)10-17-18(12)26-19(25-17)20(27)24-11-16(23)3-2-8-22/h4-7,9-10,16H,2-3,8,11,22-23H2,1H3,(H,24,27)(H,25,26)/t16-/m0/s1. The molecule has 142 valence electrons. The zero-order valence-electron chi connectivity index (χ0n) is 15.3. The number of rotatable bonds is 7. The molecule has 0 aliphatic heterocycles. The largest absolute Gasteiger partial charge is 0.348 e. The molecule has 0 radical (unpaired) electrons. The van der Waals surface area contributed by atoms with Gasteiger partial charge in [-0.05, 0) is 67.3 Å². The lowest BCUT2D eigenvalue weighted by Crippen LogP contribution is -2.37. The minimum atomic E-state index is -0.294.